The molecule has 0 aromatic carbocycles. The van der Waals surface area contributed by atoms with E-state index in [4.69, 9.17) is 26.7 Å². The predicted octanol–water partition coefficient (Wildman–Crippen LogP) is -2.38. The number of ether oxygens (including phenoxy) is 2. The molecule has 8 heteroatoms. The lowest BCUT2D eigenvalue weighted by Gasteiger charge is -2.28. The second-order valence-electron chi connectivity index (χ2n) is 4.87. The first-order valence-corrected chi connectivity index (χ1v) is 6.33. The number of nitrogens with two attached hydrogens (primary N) is 3. The summed E-state index contributed by atoms with van der Waals surface area (Å²) in [7, 11) is 0. The maximum atomic E-state index is 9.77. The van der Waals surface area contributed by atoms with Crippen molar-refractivity contribution in [1.29, 1.82) is 0 Å². The smallest absolute Gasteiger partial charge is 0.193 e. The Hall–Kier alpha value is -0.320. The van der Waals surface area contributed by atoms with Gasteiger partial charge in [-0.3, -0.25) is 11.5 Å². The molecule has 0 amide bonds. The maximum Gasteiger partial charge on any atom is 0.193 e. The van der Waals surface area contributed by atoms with Crippen molar-refractivity contribution in [3.8, 4) is 0 Å². The van der Waals surface area contributed by atoms with Gasteiger partial charge < -0.3 is 30.7 Å². The summed E-state index contributed by atoms with van der Waals surface area (Å²) in [5.41, 5.74) is 14.7. The molecule has 0 spiro atoms. The fourth-order valence-electron chi connectivity index (χ4n) is 1.14. The van der Waals surface area contributed by atoms with Gasteiger partial charge in [-0.2, -0.15) is 0 Å². The van der Waals surface area contributed by atoms with E-state index < -0.39 is 17.7 Å². The van der Waals surface area contributed by atoms with Crippen LogP contribution in [0.1, 0.15) is 20.8 Å². The van der Waals surface area contributed by atoms with Gasteiger partial charge in [-0.25, -0.2) is 0 Å². The number of aliphatic hydroxyl groups is 2. The Morgan fingerprint density at radius 1 is 1.16 bits per heavy atom. The van der Waals surface area contributed by atoms with E-state index in [0.717, 1.165) is 0 Å². The normalized spacial score (nSPS) is 18.9. The van der Waals surface area contributed by atoms with Gasteiger partial charge >= 0.3 is 0 Å². The summed E-state index contributed by atoms with van der Waals surface area (Å²) < 4.78 is 10.6. The van der Waals surface area contributed by atoms with Gasteiger partial charge in [0.25, 0.3) is 0 Å². The number of rotatable bonds is 10. The van der Waals surface area contributed by atoms with Crippen molar-refractivity contribution in [3.05, 3.63) is 0 Å². The van der Waals surface area contributed by atoms with Crippen molar-refractivity contribution in [3.63, 3.8) is 0 Å². The minimum atomic E-state index is -1.89. The third kappa shape index (κ3) is 9.25. The van der Waals surface area contributed by atoms with Crippen LogP contribution in [0.5, 0.6) is 0 Å². The molecule has 0 aliphatic heterocycles. The van der Waals surface area contributed by atoms with Crippen molar-refractivity contribution in [1.82, 2.24) is 5.32 Å². The summed E-state index contributed by atoms with van der Waals surface area (Å²) in [6.45, 7) is 6.30. The highest BCUT2D eigenvalue weighted by molar-refractivity contribution is 4.74. The minimum absolute atomic E-state index is 0.0333. The zero-order valence-electron chi connectivity index (χ0n) is 11.9. The first-order chi connectivity index (χ1) is 8.58. The Balaban J connectivity index is 3.90. The van der Waals surface area contributed by atoms with Gasteiger partial charge in [0.15, 0.2) is 5.85 Å². The Kier molecular flexibility index (Phi) is 7.94. The molecule has 0 rings (SSSR count). The minimum Gasteiger partial charge on any atom is -0.372 e. The summed E-state index contributed by atoms with van der Waals surface area (Å²) >= 11 is 0. The molecule has 8 nitrogen and oxygen atoms in total. The molecule has 0 heterocycles. The number of likely N-dealkylation sites (N-methyl/N-ethyl adjacent to an activating group) is 1. The summed E-state index contributed by atoms with van der Waals surface area (Å²) in [6.07, 6.45) is -1.06. The van der Waals surface area contributed by atoms with Gasteiger partial charge in [-0.1, -0.05) is 6.92 Å². The molecule has 116 valence electrons. The Morgan fingerprint density at radius 2 is 1.74 bits per heavy atom. The average molecular weight is 280 g/mol. The lowest BCUT2D eigenvalue weighted by atomic mass is 10.2. The molecule has 0 aromatic rings. The van der Waals surface area contributed by atoms with Gasteiger partial charge in [-0.15, -0.1) is 0 Å². The van der Waals surface area contributed by atoms with Crippen LogP contribution < -0.4 is 22.5 Å². The highest BCUT2D eigenvalue weighted by atomic mass is 16.6. The highest BCUT2D eigenvalue weighted by Gasteiger charge is 2.26. The largest absolute Gasteiger partial charge is 0.372 e. The number of nitrogens with one attached hydrogen (secondary N) is 1. The molecule has 0 aromatic heterocycles. The van der Waals surface area contributed by atoms with E-state index in [-0.39, 0.29) is 25.9 Å². The standard InChI is InChI=1S/C11H28N4O4/c1-4-15-6-10(12,16)7-19-8(2)5-18-9(3)11(13,14)17/h8-9,15-17H,4-7,12-14H2,1-3H3. The molecule has 9 N–H and O–H groups in total. The molecule has 3 unspecified atom stereocenters. The third-order valence-corrected chi connectivity index (χ3v) is 2.53. The van der Waals surface area contributed by atoms with Crippen LogP contribution in [0.25, 0.3) is 0 Å². The van der Waals surface area contributed by atoms with E-state index in [2.05, 4.69) is 5.32 Å². The molecule has 0 aliphatic rings. The van der Waals surface area contributed by atoms with Gasteiger partial charge in [0.2, 0.25) is 0 Å². The highest BCUT2D eigenvalue weighted by Crippen LogP contribution is 2.04. The number of hydrogen-bond donors (Lipinski definition) is 6. The number of hydrogen-bond acceptors (Lipinski definition) is 8. The van der Waals surface area contributed by atoms with Crippen molar-refractivity contribution in [2.45, 2.75) is 44.6 Å². The molecule has 0 radical (unpaired) electrons. The summed E-state index contributed by atoms with van der Waals surface area (Å²) in [6, 6.07) is 0. The lowest BCUT2D eigenvalue weighted by Crippen LogP contribution is -2.59. The van der Waals surface area contributed by atoms with Gasteiger partial charge in [0.1, 0.15) is 11.8 Å². The van der Waals surface area contributed by atoms with E-state index in [1.54, 1.807) is 13.8 Å². The first kappa shape index (κ1) is 18.7. The zero-order valence-corrected chi connectivity index (χ0v) is 11.9. The topological polar surface area (TPSA) is 149 Å². The van der Waals surface area contributed by atoms with Gasteiger partial charge in [-0.05, 0) is 20.4 Å². The summed E-state index contributed by atoms with van der Waals surface area (Å²) in [4.78, 5) is 0. The monoisotopic (exact) mass is 280 g/mol. The van der Waals surface area contributed by atoms with E-state index in [0.29, 0.717) is 6.54 Å². The van der Waals surface area contributed by atoms with Crippen LogP contribution in [-0.2, 0) is 9.47 Å². The average Bonchev–Trinajstić information content (AvgIpc) is 2.29. The quantitative estimate of drug-likeness (QED) is 0.243. The molecule has 0 fully saturated rings. The first-order valence-electron chi connectivity index (χ1n) is 6.33. The van der Waals surface area contributed by atoms with E-state index in [9.17, 15) is 10.2 Å². The van der Waals surface area contributed by atoms with Crippen LogP contribution in [0.15, 0.2) is 0 Å². The Morgan fingerprint density at radius 3 is 2.21 bits per heavy atom. The van der Waals surface area contributed by atoms with Gasteiger partial charge in [0, 0.05) is 6.54 Å². The van der Waals surface area contributed by atoms with Gasteiger partial charge in [0.05, 0.1) is 19.3 Å². The molecule has 0 saturated carbocycles. The SMILES string of the molecule is CCNCC(N)(O)COC(C)COC(C)C(N)(N)O. The second-order valence-corrected chi connectivity index (χ2v) is 4.87. The van der Waals surface area contributed by atoms with Crippen molar-refractivity contribution >= 4 is 0 Å². The zero-order chi connectivity index (χ0) is 15.1. The fourth-order valence-corrected chi connectivity index (χ4v) is 1.14. The van der Waals surface area contributed by atoms with Crippen LogP contribution in [0.2, 0.25) is 0 Å². The third-order valence-electron chi connectivity index (χ3n) is 2.53. The Labute approximate surface area is 114 Å². The van der Waals surface area contributed by atoms with Crippen LogP contribution in [0.4, 0.5) is 0 Å². The fraction of sp³-hybridized carbons (Fsp3) is 1.00. The van der Waals surface area contributed by atoms with Crippen molar-refractivity contribution in [2.75, 3.05) is 26.3 Å². The van der Waals surface area contributed by atoms with Crippen molar-refractivity contribution < 1.29 is 19.7 Å². The predicted molar refractivity (Wildman–Crippen MR) is 71.8 cm³/mol. The molecule has 19 heavy (non-hydrogen) atoms. The van der Waals surface area contributed by atoms with Crippen LogP contribution in [0, 0.1) is 0 Å². The molecule has 0 aliphatic carbocycles. The molecule has 0 saturated heterocycles. The molecule has 0 bridgehead atoms. The van der Waals surface area contributed by atoms with E-state index in [1.165, 1.54) is 0 Å². The molecular formula is C11H28N4O4. The molecule has 3 atom stereocenters. The summed E-state index contributed by atoms with van der Waals surface area (Å²) in [5, 5.41) is 22.0. The second kappa shape index (κ2) is 8.08. The van der Waals surface area contributed by atoms with Crippen LogP contribution >= 0.6 is 0 Å². The van der Waals surface area contributed by atoms with Crippen molar-refractivity contribution in [2.24, 2.45) is 17.2 Å². The van der Waals surface area contributed by atoms with Crippen LogP contribution in [-0.4, -0.2) is 60.3 Å². The lowest BCUT2D eigenvalue weighted by molar-refractivity contribution is -0.130. The van der Waals surface area contributed by atoms with E-state index in [1.807, 2.05) is 6.92 Å². The maximum absolute atomic E-state index is 9.77. The van der Waals surface area contributed by atoms with E-state index >= 15 is 0 Å². The van der Waals surface area contributed by atoms with Crippen LogP contribution in [0.3, 0.4) is 0 Å². The molecular weight excluding hydrogens is 252 g/mol. The Bertz CT molecular complexity index is 245. The summed E-state index contributed by atoms with van der Waals surface area (Å²) in [5.74, 6) is -1.89.